The average molecular weight is 521 g/mol. The Morgan fingerprint density at radius 3 is 0.683 bits per heavy atom. The molecule has 0 nitrogen and oxygen atoms in total. The Labute approximate surface area is 240 Å². The summed E-state index contributed by atoms with van der Waals surface area (Å²) in [6.45, 7) is 0. The summed E-state index contributed by atoms with van der Waals surface area (Å²) in [4.78, 5) is 0. The van der Waals surface area contributed by atoms with E-state index in [1.807, 2.05) is 0 Å². The highest BCUT2D eigenvalue weighted by molar-refractivity contribution is 5.90. The number of hydrogen-bond acceptors (Lipinski definition) is 0. The van der Waals surface area contributed by atoms with Gasteiger partial charge in [0.05, 0.1) is 5.41 Å². The first-order valence-electron chi connectivity index (χ1n) is 14.3. The van der Waals surface area contributed by atoms with Crippen molar-refractivity contribution in [3.8, 4) is 0 Å². The molecule has 192 valence electrons. The van der Waals surface area contributed by atoms with Crippen molar-refractivity contribution in [2.45, 2.75) is 5.41 Å². The van der Waals surface area contributed by atoms with Gasteiger partial charge < -0.3 is 0 Å². The van der Waals surface area contributed by atoms with Crippen molar-refractivity contribution in [1.29, 1.82) is 0 Å². The van der Waals surface area contributed by atoms with E-state index in [1.165, 1.54) is 65.3 Å². The Bertz CT molecular complexity index is 1900. The SMILES string of the molecule is c1ccc2cc(C(c3ccc4ccccc4c3)(c3ccc4ccccc4c3)c3ccc4ccccc4c3)ccc2c1. The molecule has 0 heterocycles. The van der Waals surface area contributed by atoms with Crippen LogP contribution in [0.2, 0.25) is 0 Å². The van der Waals surface area contributed by atoms with Crippen molar-refractivity contribution >= 4 is 43.1 Å². The highest BCUT2D eigenvalue weighted by Crippen LogP contribution is 2.47. The summed E-state index contributed by atoms with van der Waals surface area (Å²) < 4.78 is 0. The van der Waals surface area contributed by atoms with Gasteiger partial charge in [-0.15, -0.1) is 0 Å². The van der Waals surface area contributed by atoms with E-state index in [0.29, 0.717) is 0 Å². The van der Waals surface area contributed by atoms with Crippen LogP contribution < -0.4 is 0 Å². The summed E-state index contributed by atoms with van der Waals surface area (Å²) >= 11 is 0. The lowest BCUT2D eigenvalue weighted by atomic mass is 9.64. The standard InChI is InChI=1S/C41H28/c1-5-13-33-25-37(21-17-29(33)9-1)41(38-22-18-30-10-2-6-14-34(30)26-38,39-23-19-31-11-3-7-15-35(31)27-39)40-24-20-32-12-4-8-16-36(32)28-40/h1-28H. The van der Waals surface area contributed by atoms with Crippen molar-refractivity contribution in [2.75, 3.05) is 0 Å². The third kappa shape index (κ3) is 3.84. The first-order chi connectivity index (χ1) is 20.3. The molecule has 0 unspecified atom stereocenters. The van der Waals surface area contributed by atoms with Gasteiger partial charge in [-0.25, -0.2) is 0 Å². The molecule has 0 aliphatic heterocycles. The monoisotopic (exact) mass is 520 g/mol. The fourth-order valence-corrected chi connectivity index (χ4v) is 6.69. The third-order valence-electron chi connectivity index (χ3n) is 8.73. The number of benzene rings is 8. The summed E-state index contributed by atoms with van der Waals surface area (Å²) in [5, 5.41) is 9.99. The molecule has 0 aliphatic carbocycles. The topological polar surface area (TPSA) is 0 Å². The van der Waals surface area contributed by atoms with Crippen LogP contribution in [0.1, 0.15) is 22.3 Å². The van der Waals surface area contributed by atoms with Crippen LogP contribution in [0.25, 0.3) is 43.1 Å². The number of rotatable bonds is 4. The quantitative estimate of drug-likeness (QED) is 0.202. The molecule has 8 rings (SSSR count). The molecule has 41 heavy (non-hydrogen) atoms. The molecule has 0 N–H and O–H groups in total. The van der Waals surface area contributed by atoms with E-state index in [9.17, 15) is 0 Å². The Kier molecular flexibility index (Phi) is 5.47. The average Bonchev–Trinajstić information content (AvgIpc) is 3.05. The lowest BCUT2D eigenvalue weighted by Crippen LogP contribution is -2.31. The summed E-state index contributed by atoms with van der Waals surface area (Å²) in [5.74, 6) is 0. The molecule has 8 aromatic carbocycles. The molecular weight excluding hydrogens is 492 g/mol. The normalized spacial score (nSPS) is 11.9. The second-order valence-electron chi connectivity index (χ2n) is 11.0. The molecule has 0 fully saturated rings. The van der Waals surface area contributed by atoms with Crippen molar-refractivity contribution < 1.29 is 0 Å². The molecule has 0 atom stereocenters. The highest BCUT2D eigenvalue weighted by Gasteiger charge is 2.39. The lowest BCUT2D eigenvalue weighted by molar-refractivity contribution is 0.750. The molecule has 0 aromatic heterocycles. The zero-order valence-electron chi connectivity index (χ0n) is 22.7. The van der Waals surface area contributed by atoms with Gasteiger partial charge in [0.2, 0.25) is 0 Å². The maximum Gasteiger partial charge on any atom is 0.0702 e. The second kappa shape index (κ2) is 9.47. The minimum atomic E-state index is -0.540. The Balaban J connectivity index is 1.55. The van der Waals surface area contributed by atoms with Gasteiger partial charge in [0.25, 0.3) is 0 Å². The van der Waals surface area contributed by atoms with Gasteiger partial charge in [-0.3, -0.25) is 0 Å². The van der Waals surface area contributed by atoms with Gasteiger partial charge in [-0.1, -0.05) is 146 Å². The third-order valence-corrected chi connectivity index (χ3v) is 8.73. The first kappa shape index (κ1) is 23.7. The fraction of sp³-hybridized carbons (Fsp3) is 0.0244. The van der Waals surface area contributed by atoms with E-state index in [2.05, 4.69) is 170 Å². The summed E-state index contributed by atoms with van der Waals surface area (Å²) in [7, 11) is 0. The summed E-state index contributed by atoms with van der Waals surface area (Å²) in [5.41, 5.74) is 4.51. The van der Waals surface area contributed by atoms with E-state index >= 15 is 0 Å². The Morgan fingerprint density at radius 1 is 0.220 bits per heavy atom. The largest absolute Gasteiger partial charge is 0.0702 e. The van der Waals surface area contributed by atoms with Crippen LogP contribution in [0.4, 0.5) is 0 Å². The van der Waals surface area contributed by atoms with Gasteiger partial charge in [0, 0.05) is 0 Å². The first-order valence-corrected chi connectivity index (χ1v) is 14.3. The molecule has 0 bridgehead atoms. The van der Waals surface area contributed by atoms with Crippen LogP contribution in [0.15, 0.2) is 170 Å². The van der Waals surface area contributed by atoms with E-state index in [1.54, 1.807) is 0 Å². The summed E-state index contributed by atoms with van der Waals surface area (Å²) in [6, 6.07) is 62.8. The van der Waals surface area contributed by atoms with Gasteiger partial charge >= 0.3 is 0 Å². The van der Waals surface area contributed by atoms with E-state index in [4.69, 9.17) is 0 Å². The molecular formula is C41H28. The van der Waals surface area contributed by atoms with E-state index in [-0.39, 0.29) is 0 Å². The van der Waals surface area contributed by atoms with Crippen LogP contribution in [0, 0.1) is 0 Å². The molecule has 0 radical (unpaired) electrons. The van der Waals surface area contributed by atoms with Crippen LogP contribution in [0.5, 0.6) is 0 Å². The highest BCUT2D eigenvalue weighted by atomic mass is 14.4. The van der Waals surface area contributed by atoms with Gasteiger partial charge in [0.1, 0.15) is 0 Å². The van der Waals surface area contributed by atoms with Crippen molar-refractivity contribution in [3.63, 3.8) is 0 Å². The van der Waals surface area contributed by atoms with Crippen LogP contribution >= 0.6 is 0 Å². The second-order valence-corrected chi connectivity index (χ2v) is 11.0. The predicted octanol–water partition coefficient (Wildman–Crippen LogP) is 10.7. The van der Waals surface area contributed by atoms with Crippen LogP contribution in [-0.4, -0.2) is 0 Å². The summed E-state index contributed by atoms with van der Waals surface area (Å²) in [6.07, 6.45) is 0. The molecule has 0 saturated heterocycles. The van der Waals surface area contributed by atoms with Crippen molar-refractivity contribution in [2.24, 2.45) is 0 Å². The zero-order valence-corrected chi connectivity index (χ0v) is 22.7. The van der Waals surface area contributed by atoms with E-state index in [0.717, 1.165) is 0 Å². The minimum Gasteiger partial charge on any atom is -0.0616 e. The molecule has 8 aromatic rings. The number of hydrogen-bond donors (Lipinski definition) is 0. The smallest absolute Gasteiger partial charge is 0.0616 e. The predicted molar refractivity (Wildman–Crippen MR) is 175 cm³/mol. The van der Waals surface area contributed by atoms with Gasteiger partial charge in [-0.05, 0) is 89.6 Å². The molecule has 0 amide bonds. The molecule has 0 spiro atoms. The minimum absolute atomic E-state index is 0.540. The van der Waals surface area contributed by atoms with Crippen molar-refractivity contribution in [3.05, 3.63) is 192 Å². The van der Waals surface area contributed by atoms with Crippen LogP contribution in [0.3, 0.4) is 0 Å². The number of fused-ring (bicyclic) bond motifs is 4. The lowest BCUT2D eigenvalue weighted by Gasteiger charge is -2.37. The Morgan fingerprint density at radius 2 is 0.439 bits per heavy atom. The molecule has 0 saturated carbocycles. The maximum atomic E-state index is 2.40. The fourth-order valence-electron chi connectivity index (χ4n) is 6.69. The molecule has 0 aliphatic rings. The zero-order chi connectivity index (χ0) is 27.2. The molecule has 0 heteroatoms. The van der Waals surface area contributed by atoms with Gasteiger partial charge in [0.15, 0.2) is 0 Å². The maximum absolute atomic E-state index is 2.40. The van der Waals surface area contributed by atoms with E-state index < -0.39 is 5.41 Å². The van der Waals surface area contributed by atoms with Crippen LogP contribution in [-0.2, 0) is 5.41 Å². The Hall–Kier alpha value is -5.20. The van der Waals surface area contributed by atoms with Crippen molar-refractivity contribution in [1.82, 2.24) is 0 Å². The van der Waals surface area contributed by atoms with Gasteiger partial charge in [-0.2, -0.15) is 0 Å².